The zero-order chi connectivity index (χ0) is 17.5. The van der Waals surface area contributed by atoms with Gasteiger partial charge in [0.25, 0.3) is 5.91 Å². The number of unbranched alkanes of at least 4 members (excludes halogenated alkanes) is 1. The molecule has 0 unspecified atom stereocenters. The van der Waals surface area contributed by atoms with Gasteiger partial charge in [-0.1, -0.05) is 19.4 Å². The molecular formula is C19H25N5O. The van der Waals surface area contributed by atoms with Crippen LogP contribution in [0, 0.1) is 0 Å². The summed E-state index contributed by atoms with van der Waals surface area (Å²) < 4.78 is 0. The van der Waals surface area contributed by atoms with E-state index in [4.69, 9.17) is 0 Å². The van der Waals surface area contributed by atoms with E-state index < -0.39 is 0 Å². The summed E-state index contributed by atoms with van der Waals surface area (Å²) in [4.78, 5) is 25.4. The molecule has 2 aromatic rings. The van der Waals surface area contributed by atoms with Crippen LogP contribution in [0.1, 0.15) is 30.1 Å². The second kappa shape index (κ2) is 8.46. The van der Waals surface area contributed by atoms with Crippen molar-refractivity contribution in [3.8, 4) is 0 Å². The maximum Gasteiger partial charge on any atom is 0.252 e. The third-order valence-electron chi connectivity index (χ3n) is 4.42. The highest BCUT2D eigenvalue weighted by molar-refractivity contribution is 5.94. The van der Waals surface area contributed by atoms with Gasteiger partial charge in [0.2, 0.25) is 0 Å². The fourth-order valence-corrected chi connectivity index (χ4v) is 2.94. The Hall–Kier alpha value is -2.63. The van der Waals surface area contributed by atoms with E-state index in [1.165, 1.54) is 0 Å². The van der Waals surface area contributed by atoms with Crippen LogP contribution in [0.4, 0.5) is 11.5 Å². The van der Waals surface area contributed by atoms with Crippen molar-refractivity contribution in [1.29, 1.82) is 0 Å². The summed E-state index contributed by atoms with van der Waals surface area (Å²) in [6.07, 6.45) is 7.36. The van der Waals surface area contributed by atoms with E-state index >= 15 is 0 Å². The van der Waals surface area contributed by atoms with Gasteiger partial charge < -0.3 is 15.1 Å². The highest BCUT2D eigenvalue weighted by Crippen LogP contribution is 2.19. The Balaban J connectivity index is 1.60. The second-order valence-electron chi connectivity index (χ2n) is 6.20. The van der Waals surface area contributed by atoms with Gasteiger partial charge >= 0.3 is 0 Å². The molecule has 0 radical (unpaired) electrons. The molecule has 25 heavy (non-hydrogen) atoms. The third kappa shape index (κ3) is 4.47. The smallest absolute Gasteiger partial charge is 0.252 e. The minimum atomic E-state index is -0.0464. The number of hydrogen-bond donors (Lipinski definition) is 1. The topological polar surface area (TPSA) is 61.4 Å². The number of nitrogens with one attached hydrogen (secondary N) is 1. The fourth-order valence-electron chi connectivity index (χ4n) is 2.94. The van der Waals surface area contributed by atoms with Crippen molar-refractivity contribution in [3.05, 3.63) is 48.4 Å². The molecule has 2 aromatic heterocycles. The molecule has 1 N–H and O–H groups in total. The molecule has 1 saturated heterocycles. The molecule has 3 rings (SSSR count). The largest absolute Gasteiger partial charge is 0.367 e. The number of nitrogens with zero attached hydrogens (tertiary/aromatic N) is 4. The van der Waals surface area contributed by atoms with Crippen LogP contribution in [0.2, 0.25) is 0 Å². The van der Waals surface area contributed by atoms with Crippen LogP contribution in [0.15, 0.2) is 42.9 Å². The molecule has 0 aliphatic carbocycles. The molecule has 1 aliphatic heterocycles. The monoisotopic (exact) mass is 339 g/mol. The molecule has 132 valence electrons. The first kappa shape index (κ1) is 17.2. The Labute approximate surface area is 148 Å². The Kier molecular flexibility index (Phi) is 5.82. The molecular weight excluding hydrogens is 314 g/mol. The van der Waals surface area contributed by atoms with E-state index in [1.54, 1.807) is 6.20 Å². The summed E-state index contributed by atoms with van der Waals surface area (Å²) >= 11 is 0. The quantitative estimate of drug-likeness (QED) is 0.819. The molecule has 0 spiro atoms. The normalized spacial score (nSPS) is 14.4. The van der Waals surface area contributed by atoms with Gasteiger partial charge in [-0.3, -0.25) is 9.78 Å². The van der Waals surface area contributed by atoms with Crippen molar-refractivity contribution >= 4 is 17.4 Å². The van der Waals surface area contributed by atoms with Gasteiger partial charge in [-0.25, -0.2) is 4.98 Å². The van der Waals surface area contributed by atoms with Gasteiger partial charge in [0.1, 0.15) is 5.82 Å². The minimum absolute atomic E-state index is 0.0464. The molecule has 1 fully saturated rings. The highest BCUT2D eigenvalue weighted by atomic mass is 16.1. The standard InChI is InChI=1S/C19H25N5O/c1-2-3-7-22-19(25)16-13-17(15-20-14-16)23-9-11-24(12-10-23)18-6-4-5-8-21-18/h4-6,8,13-15H,2-3,7,9-12H2,1H3,(H,22,25). The highest BCUT2D eigenvalue weighted by Gasteiger charge is 2.19. The summed E-state index contributed by atoms with van der Waals surface area (Å²) in [6.45, 7) is 6.41. The van der Waals surface area contributed by atoms with Crippen molar-refractivity contribution in [1.82, 2.24) is 15.3 Å². The molecule has 1 aliphatic rings. The first-order valence-electron chi connectivity index (χ1n) is 8.92. The molecule has 0 saturated carbocycles. The van der Waals surface area contributed by atoms with E-state index in [0.29, 0.717) is 12.1 Å². The van der Waals surface area contributed by atoms with Crippen molar-refractivity contribution in [3.63, 3.8) is 0 Å². The number of carbonyl (C=O) groups is 1. The summed E-state index contributed by atoms with van der Waals surface area (Å²) in [5, 5.41) is 2.94. The van der Waals surface area contributed by atoms with Crippen LogP contribution in [-0.4, -0.2) is 48.6 Å². The molecule has 0 bridgehead atoms. The SMILES string of the molecule is CCCCNC(=O)c1cncc(N2CCN(c3ccccn3)CC2)c1. The molecule has 6 heteroatoms. The lowest BCUT2D eigenvalue weighted by atomic mass is 10.2. The zero-order valence-electron chi connectivity index (χ0n) is 14.7. The van der Waals surface area contributed by atoms with Crippen LogP contribution >= 0.6 is 0 Å². The Morgan fingerprint density at radius 3 is 2.68 bits per heavy atom. The van der Waals surface area contributed by atoms with Gasteiger partial charge in [0.05, 0.1) is 17.4 Å². The Bertz CT molecular complexity index is 683. The van der Waals surface area contributed by atoms with Gasteiger partial charge in [0.15, 0.2) is 0 Å². The Morgan fingerprint density at radius 1 is 1.16 bits per heavy atom. The van der Waals surface area contributed by atoms with Crippen LogP contribution in [0.5, 0.6) is 0 Å². The maximum atomic E-state index is 12.2. The number of amides is 1. The summed E-state index contributed by atoms with van der Waals surface area (Å²) in [7, 11) is 0. The lowest BCUT2D eigenvalue weighted by Gasteiger charge is -2.36. The lowest BCUT2D eigenvalue weighted by Crippen LogP contribution is -2.46. The average Bonchev–Trinajstić information content (AvgIpc) is 2.69. The summed E-state index contributed by atoms with van der Waals surface area (Å²) in [6, 6.07) is 7.92. The maximum absolute atomic E-state index is 12.2. The van der Waals surface area contributed by atoms with Crippen molar-refractivity contribution in [2.75, 3.05) is 42.5 Å². The second-order valence-corrected chi connectivity index (χ2v) is 6.20. The summed E-state index contributed by atoms with van der Waals surface area (Å²) in [5.41, 5.74) is 1.63. The predicted molar refractivity (Wildman–Crippen MR) is 100 cm³/mol. The van der Waals surface area contributed by atoms with Crippen molar-refractivity contribution in [2.24, 2.45) is 0 Å². The number of pyridine rings is 2. The van der Waals surface area contributed by atoms with Gasteiger partial charge in [-0.2, -0.15) is 0 Å². The predicted octanol–water partition coefficient (Wildman–Crippen LogP) is 2.33. The van der Waals surface area contributed by atoms with Gasteiger partial charge in [-0.05, 0) is 24.6 Å². The van der Waals surface area contributed by atoms with Crippen LogP contribution in [0.3, 0.4) is 0 Å². The number of carbonyl (C=O) groups excluding carboxylic acids is 1. The van der Waals surface area contributed by atoms with Crippen LogP contribution in [0.25, 0.3) is 0 Å². The fraction of sp³-hybridized carbons (Fsp3) is 0.421. The third-order valence-corrected chi connectivity index (χ3v) is 4.42. The first-order valence-corrected chi connectivity index (χ1v) is 8.92. The molecule has 3 heterocycles. The van der Waals surface area contributed by atoms with E-state index in [-0.39, 0.29) is 5.91 Å². The van der Waals surface area contributed by atoms with Crippen molar-refractivity contribution in [2.45, 2.75) is 19.8 Å². The van der Waals surface area contributed by atoms with Gasteiger partial charge in [-0.15, -0.1) is 0 Å². The van der Waals surface area contributed by atoms with Gasteiger partial charge in [0, 0.05) is 45.1 Å². The average molecular weight is 339 g/mol. The lowest BCUT2D eigenvalue weighted by molar-refractivity contribution is 0.0953. The molecule has 1 amide bonds. The van der Waals surface area contributed by atoms with Crippen molar-refractivity contribution < 1.29 is 4.79 Å². The number of hydrogen-bond acceptors (Lipinski definition) is 5. The molecule has 0 atom stereocenters. The van der Waals surface area contributed by atoms with Crippen LogP contribution < -0.4 is 15.1 Å². The summed E-state index contributed by atoms with van der Waals surface area (Å²) in [5.74, 6) is 0.972. The molecule has 0 aromatic carbocycles. The minimum Gasteiger partial charge on any atom is -0.367 e. The number of piperazine rings is 1. The number of aromatic nitrogens is 2. The van der Waals surface area contributed by atoms with E-state index in [2.05, 4.69) is 32.0 Å². The number of anilines is 2. The van der Waals surface area contributed by atoms with Crippen LogP contribution in [-0.2, 0) is 0 Å². The first-order chi connectivity index (χ1) is 12.3. The molecule has 6 nitrogen and oxygen atoms in total. The van der Waals surface area contributed by atoms with E-state index in [1.807, 2.05) is 36.7 Å². The number of rotatable bonds is 6. The van der Waals surface area contributed by atoms with E-state index in [9.17, 15) is 4.79 Å². The Morgan fingerprint density at radius 2 is 1.96 bits per heavy atom. The zero-order valence-corrected chi connectivity index (χ0v) is 14.7. The van der Waals surface area contributed by atoms with E-state index in [0.717, 1.165) is 50.5 Å².